The molecule has 90 valence electrons. The molecule has 16 heavy (non-hydrogen) atoms. The fourth-order valence-corrected chi connectivity index (χ4v) is 4.85. The summed E-state index contributed by atoms with van der Waals surface area (Å²) in [7, 11) is 1.91. The van der Waals surface area contributed by atoms with Crippen LogP contribution in [0.25, 0.3) is 0 Å². The highest BCUT2D eigenvalue weighted by Crippen LogP contribution is 2.33. The van der Waals surface area contributed by atoms with Crippen molar-refractivity contribution in [2.45, 2.75) is 29.9 Å². The van der Waals surface area contributed by atoms with Crippen LogP contribution in [0.15, 0.2) is 12.4 Å². The van der Waals surface area contributed by atoms with Crippen LogP contribution in [0.2, 0.25) is 0 Å². The molecule has 0 radical (unpaired) electrons. The standard InChI is InChI=1S/C11H18N2OS2/c1-8-11(16-4-3-15-8)10(14)5-9-6-12-13(2)7-9/h6-8,10-11,14H,3-5H2,1-2H3. The van der Waals surface area contributed by atoms with Crippen molar-refractivity contribution in [2.24, 2.45) is 7.05 Å². The van der Waals surface area contributed by atoms with Crippen LogP contribution in [0, 0.1) is 0 Å². The van der Waals surface area contributed by atoms with Gasteiger partial charge >= 0.3 is 0 Å². The molecule has 3 unspecified atom stereocenters. The molecule has 1 N–H and O–H groups in total. The SMILES string of the molecule is CC1SCCSC1C(O)Cc1cnn(C)c1. The third-order valence-electron chi connectivity index (χ3n) is 2.82. The molecule has 5 heteroatoms. The first-order chi connectivity index (χ1) is 7.66. The average Bonchev–Trinajstić information content (AvgIpc) is 2.64. The lowest BCUT2D eigenvalue weighted by Gasteiger charge is -2.31. The van der Waals surface area contributed by atoms with Gasteiger partial charge in [0.1, 0.15) is 0 Å². The number of thioether (sulfide) groups is 2. The molecule has 1 aromatic heterocycles. The van der Waals surface area contributed by atoms with E-state index in [0.717, 1.165) is 17.7 Å². The summed E-state index contributed by atoms with van der Waals surface area (Å²) in [6, 6.07) is 0. The van der Waals surface area contributed by atoms with Crippen molar-refractivity contribution in [3.63, 3.8) is 0 Å². The van der Waals surface area contributed by atoms with Crippen LogP contribution in [-0.4, -0.2) is 43.0 Å². The van der Waals surface area contributed by atoms with Crippen LogP contribution in [-0.2, 0) is 13.5 Å². The molecule has 2 heterocycles. The molecule has 0 aliphatic carbocycles. The normalized spacial score (nSPS) is 27.9. The number of hydrogen-bond donors (Lipinski definition) is 1. The van der Waals surface area contributed by atoms with Crippen LogP contribution in [0.4, 0.5) is 0 Å². The number of aryl methyl sites for hydroxylation is 1. The van der Waals surface area contributed by atoms with Gasteiger partial charge in [0.15, 0.2) is 0 Å². The number of aromatic nitrogens is 2. The number of hydrogen-bond acceptors (Lipinski definition) is 4. The summed E-state index contributed by atoms with van der Waals surface area (Å²) in [5.41, 5.74) is 1.12. The molecule has 3 nitrogen and oxygen atoms in total. The largest absolute Gasteiger partial charge is 0.392 e. The summed E-state index contributed by atoms with van der Waals surface area (Å²) >= 11 is 3.88. The molecule has 0 bridgehead atoms. The zero-order valence-corrected chi connectivity index (χ0v) is 11.3. The summed E-state index contributed by atoms with van der Waals surface area (Å²) in [5, 5.41) is 15.3. The number of aliphatic hydroxyl groups is 1. The third kappa shape index (κ3) is 2.96. The van der Waals surface area contributed by atoms with Crippen molar-refractivity contribution >= 4 is 23.5 Å². The lowest BCUT2D eigenvalue weighted by Crippen LogP contribution is -2.35. The van der Waals surface area contributed by atoms with E-state index in [2.05, 4.69) is 12.0 Å². The van der Waals surface area contributed by atoms with Crippen molar-refractivity contribution in [2.75, 3.05) is 11.5 Å². The van der Waals surface area contributed by atoms with Crippen LogP contribution in [0.1, 0.15) is 12.5 Å². The minimum Gasteiger partial charge on any atom is -0.392 e. The summed E-state index contributed by atoms with van der Waals surface area (Å²) in [6.45, 7) is 2.22. The van der Waals surface area contributed by atoms with Gasteiger partial charge in [-0.25, -0.2) is 0 Å². The van der Waals surface area contributed by atoms with E-state index in [1.165, 1.54) is 5.75 Å². The Morgan fingerprint density at radius 2 is 2.31 bits per heavy atom. The fourth-order valence-electron chi connectivity index (χ4n) is 2.01. The van der Waals surface area contributed by atoms with E-state index in [1.807, 2.05) is 43.0 Å². The molecule has 1 aliphatic rings. The average molecular weight is 258 g/mol. The van der Waals surface area contributed by atoms with Gasteiger partial charge in [0.25, 0.3) is 0 Å². The van der Waals surface area contributed by atoms with Gasteiger partial charge in [-0.1, -0.05) is 6.92 Å². The van der Waals surface area contributed by atoms with Crippen LogP contribution in [0.5, 0.6) is 0 Å². The first-order valence-corrected chi connectivity index (χ1v) is 7.65. The topological polar surface area (TPSA) is 38.1 Å². The van der Waals surface area contributed by atoms with Crippen molar-refractivity contribution in [3.8, 4) is 0 Å². The lowest BCUT2D eigenvalue weighted by molar-refractivity contribution is 0.171. The van der Waals surface area contributed by atoms with E-state index in [0.29, 0.717) is 10.5 Å². The highest BCUT2D eigenvalue weighted by Gasteiger charge is 2.29. The minimum absolute atomic E-state index is 0.253. The van der Waals surface area contributed by atoms with Gasteiger partial charge in [0.2, 0.25) is 0 Å². The van der Waals surface area contributed by atoms with E-state index < -0.39 is 0 Å². The molecule has 1 fully saturated rings. The molecule has 3 atom stereocenters. The van der Waals surface area contributed by atoms with Gasteiger partial charge < -0.3 is 5.11 Å². The second-order valence-electron chi connectivity index (χ2n) is 4.21. The molecule has 0 spiro atoms. The summed E-state index contributed by atoms with van der Waals surface area (Å²) < 4.78 is 1.79. The zero-order valence-electron chi connectivity index (χ0n) is 9.67. The Labute approximate surface area is 105 Å². The second-order valence-corrected chi connectivity index (χ2v) is 6.98. The Kier molecular flexibility index (Phi) is 4.21. The summed E-state index contributed by atoms with van der Waals surface area (Å²) in [4.78, 5) is 0. The Hall–Kier alpha value is -0.130. The van der Waals surface area contributed by atoms with Crippen LogP contribution in [0.3, 0.4) is 0 Å². The minimum atomic E-state index is -0.253. The predicted octanol–water partition coefficient (Wildman–Crippen LogP) is 1.56. The molecule has 0 saturated carbocycles. The second kappa shape index (κ2) is 5.47. The highest BCUT2D eigenvalue weighted by atomic mass is 32.2. The van der Waals surface area contributed by atoms with Gasteiger partial charge in [0, 0.05) is 41.7 Å². The van der Waals surface area contributed by atoms with E-state index in [1.54, 1.807) is 4.68 Å². The lowest BCUT2D eigenvalue weighted by atomic mass is 10.1. The summed E-state index contributed by atoms with van der Waals surface area (Å²) in [5.74, 6) is 2.37. The maximum absolute atomic E-state index is 10.2. The molecule has 1 aliphatic heterocycles. The number of aliphatic hydroxyl groups excluding tert-OH is 1. The van der Waals surface area contributed by atoms with Crippen LogP contribution < -0.4 is 0 Å². The summed E-state index contributed by atoms with van der Waals surface area (Å²) in [6.07, 6.45) is 4.29. The van der Waals surface area contributed by atoms with Crippen molar-refractivity contribution in [1.82, 2.24) is 9.78 Å². The predicted molar refractivity (Wildman–Crippen MR) is 71.1 cm³/mol. The Morgan fingerprint density at radius 3 is 2.94 bits per heavy atom. The molecule has 1 saturated heterocycles. The third-order valence-corrected chi connectivity index (χ3v) is 6.06. The first-order valence-electron chi connectivity index (χ1n) is 5.55. The Balaban J connectivity index is 1.93. The monoisotopic (exact) mass is 258 g/mol. The van der Waals surface area contributed by atoms with Crippen molar-refractivity contribution in [1.29, 1.82) is 0 Å². The van der Waals surface area contributed by atoms with E-state index in [9.17, 15) is 5.11 Å². The fraction of sp³-hybridized carbons (Fsp3) is 0.727. The smallest absolute Gasteiger partial charge is 0.0710 e. The Bertz CT molecular complexity index is 342. The van der Waals surface area contributed by atoms with Crippen molar-refractivity contribution in [3.05, 3.63) is 18.0 Å². The Morgan fingerprint density at radius 1 is 1.56 bits per heavy atom. The molecule has 0 amide bonds. The molecule has 1 aromatic rings. The van der Waals surface area contributed by atoms with Gasteiger partial charge in [-0.2, -0.15) is 28.6 Å². The maximum atomic E-state index is 10.2. The quantitative estimate of drug-likeness (QED) is 0.893. The highest BCUT2D eigenvalue weighted by molar-refractivity contribution is 8.07. The zero-order chi connectivity index (χ0) is 11.5. The van der Waals surface area contributed by atoms with Crippen molar-refractivity contribution < 1.29 is 5.11 Å². The molecular weight excluding hydrogens is 240 g/mol. The maximum Gasteiger partial charge on any atom is 0.0710 e. The molecular formula is C11H18N2OS2. The molecule has 2 rings (SSSR count). The number of nitrogens with zero attached hydrogens (tertiary/aromatic N) is 2. The van der Waals surface area contributed by atoms with Gasteiger partial charge in [0.05, 0.1) is 12.3 Å². The van der Waals surface area contributed by atoms with E-state index >= 15 is 0 Å². The first kappa shape index (κ1) is 12.3. The van der Waals surface area contributed by atoms with E-state index in [-0.39, 0.29) is 6.10 Å². The van der Waals surface area contributed by atoms with Gasteiger partial charge in [-0.3, -0.25) is 4.68 Å². The number of rotatable bonds is 3. The van der Waals surface area contributed by atoms with E-state index in [4.69, 9.17) is 0 Å². The van der Waals surface area contributed by atoms with Gasteiger partial charge in [-0.15, -0.1) is 0 Å². The van der Waals surface area contributed by atoms with Crippen LogP contribution >= 0.6 is 23.5 Å². The van der Waals surface area contributed by atoms with Gasteiger partial charge in [-0.05, 0) is 5.56 Å². The molecule has 0 aromatic carbocycles.